The van der Waals surface area contributed by atoms with E-state index in [4.69, 9.17) is 4.42 Å². The van der Waals surface area contributed by atoms with Gasteiger partial charge in [0.1, 0.15) is 18.2 Å². The standard InChI is InChI=1S/C21H17N2O/c1-13-11-16-20-15(12-22)7-6-9-18(20)24-21(16)14(2)19(13)17-8-4-5-10-23(17)3/h4-11H,1-3H3/q+1. The Labute approximate surface area is 140 Å². The van der Waals surface area contributed by atoms with Gasteiger partial charge in [0, 0.05) is 28.5 Å². The van der Waals surface area contributed by atoms with Crippen molar-refractivity contribution in [2.75, 3.05) is 0 Å². The first kappa shape index (κ1) is 14.5. The van der Waals surface area contributed by atoms with Gasteiger partial charge in [-0.25, -0.2) is 4.57 Å². The summed E-state index contributed by atoms with van der Waals surface area (Å²) in [4.78, 5) is 0. The first-order valence-corrected chi connectivity index (χ1v) is 7.92. The third-order valence-corrected chi connectivity index (χ3v) is 4.65. The van der Waals surface area contributed by atoms with Gasteiger partial charge in [0.25, 0.3) is 0 Å². The van der Waals surface area contributed by atoms with Gasteiger partial charge in [-0.2, -0.15) is 5.26 Å². The normalized spacial score (nSPS) is 11.1. The van der Waals surface area contributed by atoms with Crippen molar-refractivity contribution in [2.45, 2.75) is 13.8 Å². The molecule has 3 heteroatoms. The van der Waals surface area contributed by atoms with E-state index in [1.54, 1.807) is 0 Å². The summed E-state index contributed by atoms with van der Waals surface area (Å²) in [6, 6.07) is 16.2. The van der Waals surface area contributed by atoms with Crippen LogP contribution >= 0.6 is 0 Å². The van der Waals surface area contributed by atoms with Gasteiger partial charge in [-0.3, -0.25) is 0 Å². The molecule has 0 aliphatic heterocycles. The maximum Gasteiger partial charge on any atom is 0.212 e. The van der Waals surface area contributed by atoms with Crippen LogP contribution in [0, 0.1) is 25.2 Å². The van der Waals surface area contributed by atoms with E-state index < -0.39 is 0 Å². The fourth-order valence-electron chi connectivity index (χ4n) is 3.56. The van der Waals surface area contributed by atoms with E-state index in [2.05, 4.69) is 36.6 Å². The minimum Gasteiger partial charge on any atom is -0.456 e. The molecule has 0 N–H and O–H groups in total. The van der Waals surface area contributed by atoms with Crippen LogP contribution < -0.4 is 4.57 Å². The smallest absolute Gasteiger partial charge is 0.212 e. The summed E-state index contributed by atoms with van der Waals surface area (Å²) in [6.45, 7) is 4.20. The van der Waals surface area contributed by atoms with Gasteiger partial charge < -0.3 is 4.42 Å². The number of fused-ring (bicyclic) bond motifs is 3. The van der Waals surface area contributed by atoms with E-state index in [9.17, 15) is 5.26 Å². The van der Waals surface area contributed by atoms with Crippen molar-refractivity contribution >= 4 is 21.9 Å². The number of pyridine rings is 1. The molecule has 0 spiro atoms. The second-order valence-electron chi connectivity index (χ2n) is 6.16. The largest absolute Gasteiger partial charge is 0.456 e. The van der Waals surface area contributed by atoms with Crippen molar-refractivity contribution in [3.8, 4) is 17.3 Å². The number of benzene rings is 2. The second kappa shape index (κ2) is 5.21. The summed E-state index contributed by atoms with van der Waals surface area (Å²) in [7, 11) is 2.05. The lowest BCUT2D eigenvalue weighted by atomic mass is 9.95. The van der Waals surface area contributed by atoms with Gasteiger partial charge in [0.05, 0.1) is 17.2 Å². The van der Waals surface area contributed by atoms with E-state index in [1.807, 2.05) is 43.6 Å². The van der Waals surface area contributed by atoms with Crippen molar-refractivity contribution in [3.05, 3.63) is 65.4 Å². The molecule has 3 nitrogen and oxygen atoms in total. The zero-order valence-corrected chi connectivity index (χ0v) is 13.9. The molecule has 2 heterocycles. The van der Waals surface area contributed by atoms with Crippen molar-refractivity contribution in [1.82, 2.24) is 0 Å². The fraction of sp³-hybridized carbons (Fsp3) is 0.143. The van der Waals surface area contributed by atoms with Gasteiger partial charge in [0.2, 0.25) is 5.69 Å². The van der Waals surface area contributed by atoms with Crippen LogP contribution in [0.25, 0.3) is 33.2 Å². The van der Waals surface area contributed by atoms with Crippen LogP contribution in [0.15, 0.2) is 53.1 Å². The predicted molar refractivity (Wildman–Crippen MR) is 94.5 cm³/mol. The monoisotopic (exact) mass is 313 g/mol. The Balaban J connectivity index is 2.16. The number of rotatable bonds is 1. The lowest BCUT2D eigenvalue weighted by molar-refractivity contribution is -0.660. The Morgan fingerprint density at radius 3 is 2.67 bits per heavy atom. The highest BCUT2D eigenvalue weighted by Gasteiger charge is 2.21. The average Bonchev–Trinajstić information content (AvgIpc) is 2.95. The Morgan fingerprint density at radius 1 is 1.08 bits per heavy atom. The lowest BCUT2D eigenvalue weighted by Gasteiger charge is -2.09. The molecule has 0 bridgehead atoms. The molecule has 0 saturated carbocycles. The van der Waals surface area contributed by atoms with Crippen LogP contribution in [0.5, 0.6) is 0 Å². The topological polar surface area (TPSA) is 40.8 Å². The van der Waals surface area contributed by atoms with Crippen LogP contribution in [-0.4, -0.2) is 0 Å². The quantitative estimate of drug-likeness (QED) is 0.483. The first-order chi connectivity index (χ1) is 11.6. The second-order valence-corrected chi connectivity index (χ2v) is 6.16. The highest BCUT2D eigenvalue weighted by molar-refractivity contribution is 6.10. The molecule has 0 amide bonds. The number of aryl methyl sites for hydroxylation is 3. The van der Waals surface area contributed by atoms with E-state index >= 15 is 0 Å². The zero-order valence-electron chi connectivity index (χ0n) is 13.9. The summed E-state index contributed by atoms with van der Waals surface area (Å²) in [5.41, 5.74) is 6.89. The molecule has 2 aromatic carbocycles. The van der Waals surface area contributed by atoms with Crippen LogP contribution in [0.3, 0.4) is 0 Å². The summed E-state index contributed by atoms with van der Waals surface area (Å²) < 4.78 is 8.24. The highest BCUT2D eigenvalue weighted by Crippen LogP contribution is 2.38. The number of nitriles is 1. The third kappa shape index (κ3) is 1.93. The van der Waals surface area contributed by atoms with E-state index in [0.717, 1.165) is 33.2 Å². The van der Waals surface area contributed by atoms with Crippen molar-refractivity contribution in [3.63, 3.8) is 0 Å². The summed E-state index contributed by atoms with van der Waals surface area (Å²) >= 11 is 0. The molecular weight excluding hydrogens is 296 g/mol. The molecule has 24 heavy (non-hydrogen) atoms. The van der Waals surface area contributed by atoms with Gasteiger partial charge in [-0.15, -0.1) is 0 Å². The minimum atomic E-state index is 0.656. The third-order valence-electron chi connectivity index (χ3n) is 4.65. The molecular formula is C21H17N2O+. The minimum absolute atomic E-state index is 0.656. The molecule has 0 aliphatic rings. The molecule has 2 aromatic heterocycles. The van der Waals surface area contributed by atoms with Gasteiger partial charge in [0.15, 0.2) is 6.20 Å². The fourth-order valence-corrected chi connectivity index (χ4v) is 3.56. The predicted octanol–water partition coefficient (Wildman–Crippen LogP) is 4.57. The van der Waals surface area contributed by atoms with Gasteiger partial charge >= 0.3 is 0 Å². The summed E-state index contributed by atoms with van der Waals surface area (Å²) in [6.07, 6.45) is 2.05. The highest BCUT2D eigenvalue weighted by atomic mass is 16.3. The molecule has 4 rings (SSSR count). The Hall–Kier alpha value is -3.12. The Bertz CT molecular complexity index is 1150. The van der Waals surface area contributed by atoms with E-state index in [1.165, 1.54) is 11.1 Å². The Morgan fingerprint density at radius 2 is 1.92 bits per heavy atom. The molecule has 4 aromatic rings. The maximum atomic E-state index is 9.43. The molecule has 0 atom stereocenters. The molecule has 0 radical (unpaired) electrons. The van der Waals surface area contributed by atoms with Crippen LogP contribution in [0.1, 0.15) is 16.7 Å². The molecule has 0 aliphatic carbocycles. The number of hydrogen-bond acceptors (Lipinski definition) is 2. The number of hydrogen-bond donors (Lipinski definition) is 0. The lowest BCUT2D eigenvalue weighted by Crippen LogP contribution is -2.30. The average molecular weight is 313 g/mol. The SMILES string of the molecule is Cc1cc2c(oc3cccc(C#N)c32)c(C)c1-c1cccc[n+]1C. The van der Waals surface area contributed by atoms with Crippen LogP contribution in [0.4, 0.5) is 0 Å². The van der Waals surface area contributed by atoms with Gasteiger partial charge in [-0.05, 0) is 43.7 Å². The number of furan rings is 1. The number of aromatic nitrogens is 1. The van der Waals surface area contributed by atoms with Crippen molar-refractivity contribution in [2.24, 2.45) is 7.05 Å². The number of nitrogens with zero attached hydrogens (tertiary/aromatic N) is 2. The van der Waals surface area contributed by atoms with E-state index in [0.29, 0.717) is 5.56 Å². The van der Waals surface area contributed by atoms with Crippen molar-refractivity contribution in [1.29, 1.82) is 5.26 Å². The van der Waals surface area contributed by atoms with Crippen molar-refractivity contribution < 1.29 is 8.98 Å². The van der Waals surface area contributed by atoms with Gasteiger partial charge in [-0.1, -0.05) is 6.07 Å². The first-order valence-electron chi connectivity index (χ1n) is 7.92. The molecule has 0 unspecified atom stereocenters. The molecule has 0 fully saturated rings. The summed E-state index contributed by atoms with van der Waals surface area (Å²) in [5.74, 6) is 0. The zero-order chi connectivity index (χ0) is 16.8. The van der Waals surface area contributed by atoms with Crippen LogP contribution in [-0.2, 0) is 7.05 Å². The maximum absolute atomic E-state index is 9.43. The van der Waals surface area contributed by atoms with Crippen LogP contribution in [0.2, 0.25) is 0 Å². The molecule has 116 valence electrons. The van der Waals surface area contributed by atoms with E-state index in [-0.39, 0.29) is 0 Å². The Kier molecular flexibility index (Phi) is 3.14. The molecule has 0 saturated heterocycles. The summed E-state index contributed by atoms with van der Waals surface area (Å²) in [5, 5.41) is 11.3.